The minimum absolute atomic E-state index is 0.0989. The number of benzene rings is 1. The standard InChI is InChI=1S/C13H12N2O3S/c16-11(12-15-10(8-19-12)13(17)18)14-7-6-9-4-2-1-3-5-9/h1-5,8H,6-7H2,(H,14,16)(H,17,18). The highest BCUT2D eigenvalue weighted by atomic mass is 32.1. The van der Waals surface area contributed by atoms with Gasteiger partial charge in [0.05, 0.1) is 0 Å². The number of hydrogen-bond donors (Lipinski definition) is 2. The first kappa shape index (κ1) is 13.2. The molecule has 1 amide bonds. The van der Waals surface area contributed by atoms with Crippen LogP contribution in [0.3, 0.4) is 0 Å². The largest absolute Gasteiger partial charge is 0.476 e. The van der Waals surface area contributed by atoms with Gasteiger partial charge in [-0.2, -0.15) is 0 Å². The number of thiazole rings is 1. The van der Waals surface area contributed by atoms with E-state index in [1.165, 1.54) is 5.38 Å². The Morgan fingerprint density at radius 2 is 2.00 bits per heavy atom. The lowest BCUT2D eigenvalue weighted by Crippen LogP contribution is -2.25. The Bertz CT molecular complexity index is 581. The van der Waals surface area contributed by atoms with E-state index in [2.05, 4.69) is 10.3 Å². The quantitative estimate of drug-likeness (QED) is 0.873. The summed E-state index contributed by atoms with van der Waals surface area (Å²) in [6.07, 6.45) is 0.726. The van der Waals surface area contributed by atoms with E-state index in [1.807, 2.05) is 30.3 Å². The smallest absolute Gasteiger partial charge is 0.355 e. The number of hydrogen-bond acceptors (Lipinski definition) is 4. The van der Waals surface area contributed by atoms with Crippen LogP contribution in [-0.2, 0) is 6.42 Å². The molecule has 1 heterocycles. The van der Waals surface area contributed by atoms with E-state index < -0.39 is 5.97 Å². The van der Waals surface area contributed by atoms with Crippen molar-refractivity contribution >= 4 is 23.2 Å². The molecule has 0 atom stereocenters. The summed E-state index contributed by atoms with van der Waals surface area (Å²) >= 11 is 1.03. The van der Waals surface area contributed by atoms with Crippen LogP contribution >= 0.6 is 11.3 Å². The number of carbonyl (C=O) groups excluding carboxylic acids is 1. The molecule has 0 saturated heterocycles. The van der Waals surface area contributed by atoms with Crippen LogP contribution in [0.4, 0.5) is 0 Å². The predicted molar refractivity (Wildman–Crippen MR) is 71.6 cm³/mol. The fourth-order valence-corrected chi connectivity index (χ4v) is 2.22. The Hall–Kier alpha value is -2.21. The Kier molecular flexibility index (Phi) is 4.25. The fraction of sp³-hybridized carbons (Fsp3) is 0.154. The molecule has 2 rings (SSSR count). The van der Waals surface area contributed by atoms with Gasteiger partial charge in [0, 0.05) is 11.9 Å². The number of aromatic nitrogens is 1. The molecule has 0 spiro atoms. The number of aromatic carboxylic acids is 1. The number of nitrogens with one attached hydrogen (secondary N) is 1. The second-order valence-electron chi connectivity index (χ2n) is 3.83. The average molecular weight is 276 g/mol. The van der Waals surface area contributed by atoms with Crippen molar-refractivity contribution in [3.8, 4) is 0 Å². The zero-order valence-electron chi connectivity index (χ0n) is 10.00. The van der Waals surface area contributed by atoms with E-state index in [0.717, 1.165) is 23.3 Å². The van der Waals surface area contributed by atoms with Crippen molar-refractivity contribution in [2.24, 2.45) is 0 Å². The van der Waals surface area contributed by atoms with Crippen molar-refractivity contribution < 1.29 is 14.7 Å². The first-order chi connectivity index (χ1) is 9.16. The molecule has 98 valence electrons. The van der Waals surface area contributed by atoms with Crippen molar-refractivity contribution in [1.29, 1.82) is 0 Å². The van der Waals surface area contributed by atoms with Gasteiger partial charge < -0.3 is 10.4 Å². The van der Waals surface area contributed by atoms with E-state index in [0.29, 0.717) is 6.54 Å². The molecular formula is C13H12N2O3S. The second kappa shape index (κ2) is 6.10. The van der Waals surface area contributed by atoms with Gasteiger partial charge in [0.15, 0.2) is 10.7 Å². The first-order valence-corrected chi connectivity index (χ1v) is 6.56. The lowest BCUT2D eigenvalue weighted by molar-refractivity contribution is 0.0691. The molecule has 6 heteroatoms. The summed E-state index contributed by atoms with van der Waals surface area (Å²) in [5.41, 5.74) is 1.03. The van der Waals surface area contributed by atoms with Crippen molar-refractivity contribution in [2.45, 2.75) is 6.42 Å². The van der Waals surface area contributed by atoms with Crippen LogP contribution in [0.5, 0.6) is 0 Å². The first-order valence-electron chi connectivity index (χ1n) is 5.68. The lowest BCUT2D eigenvalue weighted by Gasteiger charge is -2.02. The summed E-state index contributed by atoms with van der Waals surface area (Å²) in [6.45, 7) is 0.491. The second-order valence-corrected chi connectivity index (χ2v) is 4.69. The van der Waals surface area contributed by atoms with E-state index in [4.69, 9.17) is 5.11 Å². The van der Waals surface area contributed by atoms with Gasteiger partial charge in [-0.3, -0.25) is 4.79 Å². The zero-order chi connectivity index (χ0) is 13.7. The Balaban J connectivity index is 1.85. The molecule has 0 aliphatic heterocycles. The predicted octanol–water partition coefficient (Wildman–Crippen LogP) is 1.81. The SMILES string of the molecule is O=C(O)c1csc(C(=O)NCCc2ccccc2)n1. The minimum atomic E-state index is -1.13. The number of carboxylic acid groups (broad SMARTS) is 1. The molecule has 2 aromatic rings. The van der Waals surface area contributed by atoms with Gasteiger partial charge >= 0.3 is 5.97 Å². The van der Waals surface area contributed by atoms with E-state index in [-0.39, 0.29) is 16.6 Å². The van der Waals surface area contributed by atoms with E-state index in [9.17, 15) is 9.59 Å². The molecule has 0 fully saturated rings. The third kappa shape index (κ3) is 3.62. The molecule has 2 N–H and O–H groups in total. The molecule has 0 radical (unpaired) electrons. The third-order valence-electron chi connectivity index (χ3n) is 2.46. The van der Waals surface area contributed by atoms with Crippen LogP contribution in [0.1, 0.15) is 25.9 Å². The Morgan fingerprint density at radius 3 is 2.63 bits per heavy atom. The van der Waals surface area contributed by atoms with E-state index in [1.54, 1.807) is 0 Å². The van der Waals surface area contributed by atoms with Crippen LogP contribution in [0.25, 0.3) is 0 Å². The molecule has 0 aliphatic rings. The summed E-state index contributed by atoms with van der Waals surface area (Å²) in [7, 11) is 0. The van der Waals surface area contributed by atoms with Gasteiger partial charge in [0.1, 0.15) is 0 Å². The summed E-state index contributed by atoms with van der Waals surface area (Å²) in [5, 5.41) is 13.0. The number of carboxylic acids is 1. The summed E-state index contributed by atoms with van der Waals surface area (Å²) in [6, 6.07) is 9.79. The maximum Gasteiger partial charge on any atom is 0.355 e. The molecule has 0 aliphatic carbocycles. The van der Waals surface area contributed by atoms with E-state index >= 15 is 0 Å². The average Bonchev–Trinajstić information content (AvgIpc) is 2.89. The monoisotopic (exact) mass is 276 g/mol. The lowest BCUT2D eigenvalue weighted by atomic mass is 10.1. The van der Waals surface area contributed by atoms with Gasteiger partial charge in [0.2, 0.25) is 0 Å². The zero-order valence-corrected chi connectivity index (χ0v) is 10.8. The molecule has 1 aromatic heterocycles. The van der Waals surface area contributed by atoms with Crippen LogP contribution in [-0.4, -0.2) is 28.5 Å². The minimum Gasteiger partial charge on any atom is -0.476 e. The molecule has 0 saturated carbocycles. The Morgan fingerprint density at radius 1 is 1.26 bits per heavy atom. The maximum atomic E-state index is 11.7. The molecule has 1 aromatic carbocycles. The van der Waals surface area contributed by atoms with Crippen LogP contribution < -0.4 is 5.32 Å². The van der Waals surface area contributed by atoms with Crippen LogP contribution in [0, 0.1) is 0 Å². The van der Waals surface area contributed by atoms with Crippen molar-refractivity contribution in [2.75, 3.05) is 6.54 Å². The molecule has 5 nitrogen and oxygen atoms in total. The maximum absolute atomic E-state index is 11.7. The van der Waals surface area contributed by atoms with Crippen LogP contribution in [0.15, 0.2) is 35.7 Å². The number of carbonyl (C=O) groups is 2. The van der Waals surface area contributed by atoms with Crippen molar-refractivity contribution in [3.63, 3.8) is 0 Å². The normalized spacial score (nSPS) is 10.1. The van der Waals surface area contributed by atoms with Gasteiger partial charge in [-0.05, 0) is 12.0 Å². The highest BCUT2D eigenvalue weighted by molar-refractivity contribution is 7.11. The summed E-state index contributed by atoms with van der Waals surface area (Å²) < 4.78 is 0. The van der Waals surface area contributed by atoms with Crippen molar-refractivity contribution in [3.05, 3.63) is 52.0 Å². The fourth-order valence-electron chi connectivity index (χ4n) is 1.52. The molecule has 0 unspecified atom stereocenters. The third-order valence-corrected chi connectivity index (χ3v) is 3.30. The highest BCUT2D eigenvalue weighted by Crippen LogP contribution is 2.09. The summed E-state index contributed by atoms with van der Waals surface area (Å²) in [4.78, 5) is 26.1. The molecule has 0 bridgehead atoms. The molecule has 19 heavy (non-hydrogen) atoms. The van der Waals surface area contributed by atoms with Gasteiger partial charge in [-0.1, -0.05) is 30.3 Å². The topological polar surface area (TPSA) is 79.3 Å². The Labute approximate surface area is 113 Å². The van der Waals surface area contributed by atoms with Gasteiger partial charge in [-0.25, -0.2) is 9.78 Å². The highest BCUT2D eigenvalue weighted by Gasteiger charge is 2.13. The van der Waals surface area contributed by atoms with Crippen LogP contribution in [0.2, 0.25) is 0 Å². The number of amides is 1. The number of rotatable bonds is 5. The number of nitrogens with zero attached hydrogens (tertiary/aromatic N) is 1. The van der Waals surface area contributed by atoms with Gasteiger partial charge in [0.25, 0.3) is 5.91 Å². The van der Waals surface area contributed by atoms with Crippen molar-refractivity contribution in [1.82, 2.24) is 10.3 Å². The van der Waals surface area contributed by atoms with Gasteiger partial charge in [-0.15, -0.1) is 11.3 Å². The molecular weight excluding hydrogens is 264 g/mol. The summed E-state index contributed by atoms with van der Waals surface area (Å²) in [5.74, 6) is -1.46.